The normalized spacial score (nSPS) is 17.0. The van der Waals surface area contributed by atoms with E-state index in [9.17, 15) is 9.18 Å². The smallest absolute Gasteiger partial charge is 0.232 e. The highest BCUT2D eigenvalue weighted by atomic mass is 19.1. The van der Waals surface area contributed by atoms with E-state index in [0.717, 1.165) is 48.1 Å². The topological polar surface area (TPSA) is 100 Å². The van der Waals surface area contributed by atoms with Crippen molar-refractivity contribution in [3.63, 3.8) is 0 Å². The summed E-state index contributed by atoms with van der Waals surface area (Å²) >= 11 is 0. The maximum Gasteiger partial charge on any atom is 0.232 e. The van der Waals surface area contributed by atoms with Gasteiger partial charge in [0.2, 0.25) is 5.69 Å². The number of ether oxygens (including phenoxy) is 1. The predicted molar refractivity (Wildman–Crippen MR) is 146 cm³/mol. The number of benzene rings is 2. The van der Waals surface area contributed by atoms with Crippen molar-refractivity contribution in [1.29, 1.82) is 0 Å². The molecule has 2 aromatic heterocycles. The van der Waals surface area contributed by atoms with E-state index in [0.29, 0.717) is 11.4 Å². The second-order valence-corrected chi connectivity index (χ2v) is 9.82. The van der Waals surface area contributed by atoms with Crippen LogP contribution in [0.5, 0.6) is 5.75 Å². The molecule has 0 bridgehead atoms. The van der Waals surface area contributed by atoms with Crippen molar-refractivity contribution in [1.82, 2.24) is 19.7 Å². The molecule has 1 aliphatic rings. The molecule has 0 atom stereocenters. The Balaban J connectivity index is 1.50. The number of hydrogen-bond acceptors (Lipinski definition) is 6. The molecule has 5 rings (SSSR count). The van der Waals surface area contributed by atoms with Crippen LogP contribution in [0.3, 0.4) is 0 Å². The molecule has 2 aromatic carbocycles. The SMILES string of the molecule is [C-]#[N+]c1cnn(C)c1-c1ccc(CC(=O)c2ccnc(-c3c(F)cccc3OC)n2)c(C2CCC(N)CC2)c1. The summed E-state index contributed by atoms with van der Waals surface area (Å²) in [5.74, 6) is -0.0858. The highest BCUT2D eigenvalue weighted by molar-refractivity contribution is 5.96. The largest absolute Gasteiger partial charge is 0.496 e. The maximum atomic E-state index is 14.6. The van der Waals surface area contributed by atoms with Gasteiger partial charge in [-0.3, -0.25) is 9.48 Å². The first-order valence-electron chi connectivity index (χ1n) is 12.9. The first kappa shape index (κ1) is 26.2. The molecule has 39 heavy (non-hydrogen) atoms. The number of carbonyl (C=O) groups is 1. The van der Waals surface area contributed by atoms with Gasteiger partial charge < -0.3 is 10.5 Å². The Kier molecular flexibility index (Phi) is 7.48. The van der Waals surface area contributed by atoms with Crippen LogP contribution in [-0.2, 0) is 13.5 Å². The molecule has 0 spiro atoms. The summed E-state index contributed by atoms with van der Waals surface area (Å²) in [7, 11) is 3.27. The average Bonchev–Trinajstić information content (AvgIpc) is 3.33. The van der Waals surface area contributed by atoms with Gasteiger partial charge >= 0.3 is 0 Å². The molecule has 0 saturated heterocycles. The van der Waals surface area contributed by atoms with Gasteiger partial charge in [0.05, 0.1) is 31.1 Å². The zero-order valence-electron chi connectivity index (χ0n) is 21.9. The van der Waals surface area contributed by atoms with Crippen LogP contribution in [0.15, 0.2) is 54.9 Å². The lowest BCUT2D eigenvalue weighted by Gasteiger charge is -2.28. The number of Topliss-reactive ketones (excluding diaryl/α,β-unsaturated/α-hetero) is 1. The van der Waals surface area contributed by atoms with E-state index in [1.165, 1.54) is 19.4 Å². The van der Waals surface area contributed by atoms with Crippen LogP contribution in [0.4, 0.5) is 10.1 Å². The Morgan fingerprint density at radius 1 is 1.21 bits per heavy atom. The van der Waals surface area contributed by atoms with Gasteiger partial charge in [0, 0.05) is 25.7 Å². The van der Waals surface area contributed by atoms with Crippen LogP contribution >= 0.6 is 0 Å². The minimum atomic E-state index is -0.527. The molecule has 1 aliphatic carbocycles. The molecule has 0 aliphatic heterocycles. The van der Waals surface area contributed by atoms with Gasteiger partial charge in [0.15, 0.2) is 11.6 Å². The Morgan fingerprint density at radius 2 is 2.00 bits per heavy atom. The van der Waals surface area contributed by atoms with Crippen molar-refractivity contribution in [3.8, 4) is 28.4 Å². The van der Waals surface area contributed by atoms with E-state index in [2.05, 4.69) is 26.0 Å². The molecular weight excluding hydrogens is 495 g/mol. The van der Waals surface area contributed by atoms with E-state index < -0.39 is 5.82 Å². The Morgan fingerprint density at radius 3 is 2.74 bits per heavy atom. The van der Waals surface area contributed by atoms with Crippen LogP contribution in [0.1, 0.15) is 53.2 Å². The fourth-order valence-electron chi connectivity index (χ4n) is 5.35. The molecule has 0 radical (unpaired) electrons. The minimum absolute atomic E-state index is 0.0931. The number of aryl methyl sites for hydroxylation is 1. The zero-order valence-corrected chi connectivity index (χ0v) is 21.9. The van der Waals surface area contributed by atoms with Gasteiger partial charge in [-0.05, 0) is 66.5 Å². The van der Waals surface area contributed by atoms with Gasteiger partial charge in [0.25, 0.3) is 0 Å². The van der Waals surface area contributed by atoms with Crippen molar-refractivity contribution < 1.29 is 13.9 Å². The van der Waals surface area contributed by atoms with Gasteiger partial charge in [-0.25, -0.2) is 19.2 Å². The molecule has 2 heterocycles. The average molecular weight is 525 g/mol. The summed E-state index contributed by atoms with van der Waals surface area (Å²) in [6.45, 7) is 7.54. The number of methoxy groups -OCH3 is 1. The second-order valence-electron chi connectivity index (χ2n) is 9.82. The van der Waals surface area contributed by atoms with Gasteiger partial charge in [0.1, 0.15) is 17.3 Å². The zero-order chi connectivity index (χ0) is 27.5. The van der Waals surface area contributed by atoms with Gasteiger partial charge in [-0.15, -0.1) is 0 Å². The summed E-state index contributed by atoms with van der Waals surface area (Å²) in [6.07, 6.45) is 6.85. The predicted octanol–water partition coefficient (Wildman–Crippen LogP) is 5.65. The van der Waals surface area contributed by atoms with Crippen molar-refractivity contribution in [3.05, 3.63) is 88.9 Å². The highest BCUT2D eigenvalue weighted by Crippen LogP contribution is 2.38. The standard InChI is InChI=1S/C30H29FN6O2/c1-33-25-17-35-37(2)29(25)20-8-7-19(22(15-20)18-9-11-21(32)12-10-18)16-26(38)24-13-14-34-30(36-24)28-23(31)5-4-6-27(28)39-3/h4-8,13-15,17-18,21H,9-12,16,32H2,2-3H3. The van der Waals surface area contributed by atoms with Crippen LogP contribution in [-0.4, -0.2) is 38.7 Å². The molecule has 9 heteroatoms. The van der Waals surface area contributed by atoms with Crippen molar-refractivity contribution in [2.75, 3.05) is 7.11 Å². The molecule has 1 fully saturated rings. The lowest BCUT2D eigenvalue weighted by Crippen LogP contribution is -2.26. The number of ketones is 1. The van der Waals surface area contributed by atoms with E-state index >= 15 is 0 Å². The first-order chi connectivity index (χ1) is 18.9. The monoisotopic (exact) mass is 524 g/mol. The minimum Gasteiger partial charge on any atom is -0.496 e. The number of nitrogens with two attached hydrogens (primary N) is 1. The number of rotatable bonds is 7. The highest BCUT2D eigenvalue weighted by Gasteiger charge is 2.25. The quantitative estimate of drug-likeness (QED) is 0.248. The summed E-state index contributed by atoms with van der Waals surface area (Å²) in [5, 5.41) is 4.26. The van der Waals surface area contributed by atoms with Gasteiger partial charge in [-0.1, -0.05) is 24.3 Å². The number of hydrogen-bond donors (Lipinski definition) is 1. The Labute approximate surface area is 226 Å². The third kappa shape index (κ3) is 5.29. The lowest BCUT2D eigenvalue weighted by molar-refractivity contribution is 0.0987. The summed E-state index contributed by atoms with van der Waals surface area (Å²) < 4.78 is 21.6. The summed E-state index contributed by atoms with van der Waals surface area (Å²) in [4.78, 5) is 25.7. The molecule has 1 saturated carbocycles. The molecule has 0 amide bonds. The van der Waals surface area contributed by atoms with Gasteiger partial charge in [-0.2, -0.15) is 5.10 Å². The van der Waals surface area contributed by atoms with E-state index in [4.69, 9.17) is 17.0 Å². The van der Waals surface area contributed by atoms with Crippen LogP contribution in [0.2, 0.25) is 0 Å². The van der Waals surface area contributed by atoms with Crippen LogP contribution < -0.4 is 10.5 Å². The molecule has 4 aromatic rings. The fraction of sp³-hybridized carbons (Fsp3) is 0.300. The van der Waals surface area contributed by atoms with Crippen LogP contribution in [0.25, 0.3) is 27.5 Å². The number of halogens is 1. The Hall–Kier alpha value is -4.42. The number of nitrogens with zero attached hydrogens (tertiary/aromatic N) is 5. The number of carbonyl (C=O) groups excluding carboxylic acids is 1. The lowest BCUT2D eigenvalue weighted by atomic mass is 9.79. The van der Waals surface area contributed by atoms with Crippen LogP contribution in [0, 0.1) is 12.4 Å². The maximum absolute atomic E-state index is 14.6. The number of aromatic nitrogens is 4. The summed E-state index contributed by atoms with van der Waals surface area (Å²) in [5.41, 5.74) is 10.6. The molecule has 8 nitrogen and oxygen atoms in total. The third-order valence-electron chi connectivity index (χ3n) is 7.38. The Bertz CT molecular complexity index is 1570. The first-order valence-corrected chi connectivity index (χ1v) is 12.9. The molecule has 2 N–H and O–H groups in total. The van der Waals surface area contributed by atoms with E-state index in [1.54, 1.807) is 29.1 Å². The van der Waals surface area contributed by atoms with E-state index in [-0.39, 0.29) is 41.2 Å². The second kappa shape index (κ2) is 11.1. The van der Waals surface area contributed by atoms with Crippen molar-refractivity contribution in [2.24, 2.45) is 12.8 Å². The molecule has 0 unspecified atom stereocenters. The third-order valence-corrected chi connectivity index (χ3v) is 7.38. The molecule has 198 valence electrons. The summed E-state index contributed by atoms with van der Waals surface area (Å²) in [6, 6.07) is 12.2. The van der Waals surface area contributed by atoms with E-state index in [1.807, 2.05) is 19.2 Å². The van der Waals surface area contributed by atoms with Crippen molar-refractivity contribution in [2.45, 2.75) is 44.1 Å². The molecular formula is C30H29FN6O2. The fourth-order valence-corrected chi connectivity index (χ4v) is 5.35. The van der Waals surface area contributed by atoms with Crippen molar-refractivity contribution >= 4 is 11.5 Å².